The molecule has 0 saturated heterocycles. The van der Waals surface area contributed by atoms with Gasteiger partial charge in [0, 0.05) is 28.9 Å². The van der Waals surface area contributed by atoms with E-state index in [-0.39, 0.29) is 18.4 Å². The predicted molar refractivity (Wildman–Crippen MR) is 125 cm³/mol. The average Bonchev–Trinajstić information content (AvgIpc) is 2.82. The standard InChI is InChI=1S/C26H23N3O2/c30-25(29-24-12-6-10-20-9-4-5-11-23(20)24)18-27-22-15-13-21(14-16-22)26(31)28-17-19-7-2-1-3-8-19/h1-16,27H,17-18H2,(H,28,31)(H,29,30). The smallest absolute Gasteiger partial charge is 0.251 e. The Kier molecular flexibility index (Phi) is 6.24. The van der Waals surface area contributed by atoms with Crippen LogP contribution >= 0.6 is 0 Å². The van der Waals surface area contributed by atoms with Gasteiger partial charge in [0.25, 0.3) is 5.91 Å². The van der Waals surface area contributed by atoms with Gasteiger partial charge in [-0.2, -0.15) is 0 Å². The molecule has 0 saturated carbocycles. The summed E-state index contributed by atoms with van der Waals surface area (Å²) in [6.07, 6.45) is 0. The van der Waals surface area contributed by atoms with Crippen LogP contribution < -0.4 is 16.0 Å². The molecule has 2 amide bonds. The molecule has 154 valence electrons. The molecule has 0 heterocycles. The maximum absolute atomic E-state index is 12.4. The van der Waals surface area contributed by atoms with Crippen molar-refractivity contribution < 1.29 is 9.59 Å². The SMILES string of the molecule is O=C(CNc1ccc(C(=O)NCc2ccccc2)cc1)Nc1cccc2ccccc12. The lowest BCUT2D eigenvalue weighted by Gasteiger charge is -2.11. The Morgan fingerprint density at radius 2 is 1.42 bits per heavy atom. The Hall–Kier alpha value is -4.12. The highest BCUT2D eigenvalue weighted by Gasteiger charge is 2.07. The molecule has 4 rings (SSSR count). The summed E-state index contributed by atoms with van der Waals surface area (Å²) >= 11 is 0. The highest BCUT2D eigenvalue weighted by atomic mass is 16.2. The summed E-state index contributed by atoms with van der Waals surface area (Å²) in [7, 11) is 0. The summed E-state index contributed by atoms with van der Waals surface area (Å²) < 4.78 is 0. The zero-order chi connectivity index (χ0) is 21.5. The van der Waals surface area contributed by atoms with Crippen molar-refractivity contribution in [2.75, 3.05) is 17.2 Å². The number of carbonyl (C=O) groups excluding carboxylic acids is 2. The van der Waals surface area contributed by atoms with Crippen molar-refractivity contribution in [1.29, 1.82) is 0 Å². The highest BCUT2D eigenvalue weighted by Crippen LogP contribution is 2.22. The maximum atomic E-state index is 12.4. The number of anilines is 2. The van der Waals surface area contributed by atoms with Crippen molar-refractivity contribution >= 4 is 34.0 Å². The quantitative estimate of drug-likeness (QED) is 0.410. The molecule has 0 aliphatic carbocycles. The van der Waals surface area contributed by atoms with Crippen molar-refractivity contribution in [3.05, 3.63) is 108 Å². The van der Waals surface area contributed by atoms with E-state index < -0.39 is 0 Å². The minimum Gasteiger partial charge on any atom is -0.376 e. The predicted octanol–water partition coefficient (Wildman–Crippen LogP) is 4.82. The molecule has 4 aromatic carbocycles. The average molecular weight is 409 g/mol. The molecule has 0 bridgehead atoms. The van der Waals surface area contributed by atoms with Crippen LogP contribution in [0.1, 0.15) is 15.9 Å². The van der Waals surface area contributed by atoms with E-state index in [1.165, 1.54) is 0 Å². The van der Waals surface area contributed by atoms with Crippen LogP contribution in [0, 0.1) is 0 Å². The number of nitrogens with one attached hydrogen (secondary N) is 3. The van der Waals surface area contributed by atoms with Crippen LogP contribution in [0.3, 0.4) is 0 Å². The molecule has 5 heteroatoms. The van der Waals surface area contributed by atoms with Crippen LogP contribution in [0.25, 0.3) is 10.8 Å². The summed E-state index contributed by atoms with van der Waals surface area (Å²) in [5.74, 6) is -0.273. The second kappa shape index (κ2) is 9.59. The van der Waals surface area contributed by atoms with Crippen LogP contribution in [-0.2, 0) is 11.3 Å². The Balaban J connectivity index is 1.29. The third-order valence-corrected chi connectivity index (χ3v) is 4.96. The van der Waals surface area contributed by atoms with E-state index in [1.807, 2.05) is 72.8 Å². The van der Waals surface area contributed by atoms with E-state index in [4.69, 9.17) is 0 Å². The zero-order valence-electron chi connectivity index (χ0n) is 17.0. The van der Waals surface area contributed by atoms with E-state index in [2.05, 4.69) is 16.0 Å². The number of hydrogen-bond acceptors (Lipinski definition) is 3. The fourth-order valence-corrected chi connectivity index (χ4v) is 3.33. The second-order valence-corrected chi connectivity index (χ2v) is 7.17. The van der Waals surface area contributed by atoms with Gasteiger partial charge in [-0.1, -0.05) is 66.7 Å². The number of amides is 2. The van der Waals surface area contributed by atoms with E-state index in [0.29, 0.717) is 12.1 Å². The first-order valence-electron chi connectivity index (χ1n) is 10.1. The first kappa shape index (κ1) is 20.2. The van der Waals surface area contributed by atoms with Gasteiger partial charge >= 0.3 is 0 Å². The summed E-state index contributed by atoms with van der Waals surface area (Å²) in [5.41, 5.74) is 3.18. The normalized spacial score (nSPS) is 10.5. The van der Waals surface area contributed by atoms with Crippen LogP contribution in [-0.4, -0.2) is 18.4 Å². The molecule has 0 radical (unpaired) electrons. The van der Waals surface area contributed by atoms with E-state index in [9.17, 15) is 9.59 Å². The minimum atomic E-state index is -0.138. The van der Waals surface area contributed by atoms with Gasteiger partial charge in [0.15, 0.2) is 0 Å². The Morgan fingerprint density at radius 3 is 2.23 bits per heavy atom. The fraction of sp³-hybridized carbons (Fsp3) is 0.0769. The molecule has 31 heavy (non-hydrogen) atoms. The molecule has 3 N–H and O–H groups in total. The fourth-order valence-electron chi connectivity index (χ4n) is 3.33. The number of fused-ring (bicyclic) bond motifs is 1. The van der Waals surface area contributed by atoms with E-state index in [0.717, 1.165) is 27.7 Å². The molecule has 0 aromatic heterocycles. The Labute approximate surface area is 181 Å². The number of benzene rings is 4. The zero-order valence-corrected chi connectivity index (χ0v) is 17.0. The van der Waals surface area contributed by atoms with E-state index in [1.54, 1.807) is 24.3 Å². The molecule has 0 unspecified atom stereocenters. The van der Waals surface area contributed by atoms with Gasteiger partial charge in [-0.3, -0.25) is 9.59 Å². The van der Waals surface area contributed by atoms with Gasteiger partial charge in [0.1, 0.15) is 0 Å². The number of carbonyl (C=O) groups is 2. The number of rotatable bonds is 7. The van der Waals surface area contributed by atoms with Gasteiger partial charge in [0.05, 0.1) is 6.54 Å². The second-order valence-electron chi connectivity index (χ2n) is 7.17. The lowest BCUT2D eigenvalue weighted by Crippen LogP contribution is -2.23. The highest BCUT2D eigenvalue weighted by molar-refractivity contribution is 6.03. The van der Waals surface area contributed by atoms with Crippen molar-refractivity contribution in [1.82, 2.24) is 5.32 Å². The lowest BCUT2D eigenvalue weighted by atomic mass is 10.1. The first-order valence-corrected chi connectivity index (χ1v) is 10.1. The lowest BCUT2D eigenvalue weighted by molar-refractivity contribution is -0.114. The van der Waals surface area contributed by atoms with Gasteiger partial charge in [-0.15, -0.1) is 0 Å². The van der Waals surface area contributed by atoms with Crippen molar-refractivity contribution in [2.45, 2.75) is 6.54 Å². The molecule has 0 fully saturated rings. The van der Waals surface area contributed by atoms with Crippen LogP contribution in [0.5, 0.6) is 0 Å². The molecule has 5 nitrogen and oxygen atoms in total. The van der Waals surface area contributed by atoms with Crippen molar-refractivity contribution in [3.8, 4) is 0 Å². The summed E-state index contributed by atoms with van der Waals surface area (Å²) in [6, 6.07) is 30.6. The summed E-state index contributed by atoms with van der Waals surface area (Å²) in [5, 5.41) is 11.0. The number of hydrogen-bond donors (Lipinski definition) is 3. The van der Waals surface area contributed by atoms with Gasteiger partial charge in [-0.25, -0.2) is 0 Å². The van der Waals surface area contributed by atoms with Gasteiger partial charge < -0.3 is 16.0 Å². The van der Waals surface area contributed by atoms with E-state index >= 15 is 0 Å². The molecular formula is C26H23N3O2. The topological polar surface area (TPSA) is 70.2 Å². The molecular weight excluding hydrogens is 386 g/mol. The third kappa shape index (κ3) is 5.28. The van der Waals surface area contributed by atoms with Crippen LogP contribution in [0.15, 0.2) is 97.1 Å². The van der Waals surface area contributed by atoms with Crippen molar-refractivity contribution in [2.24, 2.45) is 0 Å². The van der Waals surface area contributed by atoms with Gasteiger partial charge in [-0.05, 0) is 41.3 Å². The van der Waals surface area contributed by atoms with Crippen LogP contribution in [0.2, 0.25) is 0 Å². The van der Waals surface area contributed by atoms with Crippen molar-refractivity contribution in [3.63, 3.8) is 0 Å². The summed E-state index contributed by atoms with van der Waals surface area (Å²) in [4.78, 5) is 24.7. The minimum absolute atomic E-state index is 0.128. The third-order valence-electron chi connectivity index (χ3n) is 4.96. The molecule has 0 atom stereocenters. The Bertz CT molecular complexity index is 1180. The Morgan fingerprint density at radius 1 is 0.710 bits per heavy atom. The summed E-state index contributed by atoms with van der Waals surface area (Å²) in [6.45, 7) is 0.608. The molecule has 0 aliphatic heterocycles. The molecule has 0 aliphatic rings. The van der Waals surface area contributed by atoms with Gasteiger partial charge in [0.2, 0.25) is 5.91 Å². The van der Waals surface area contributed by atoms with Crippen LogP contribution in [0.4, 0.5) is 11.4 Å². The largest absolute Gasteiger partial charge is 0.376 e. The monoisotopic (exact) mass is 409 g/mol. The molecule has 4 aromatic rings. The maximum Gasteiger partial charge on any atom is 0.251 e. The molecule has 0 spiro atoms. The first-order chi connectivity index (χ1) is 15.2.